The Balaban J connectivity index is 2.37. The van der Waals surface area contributed by atoms with Gasteiger partial charge in [-0.25, -0.2) is 4.98 Å². The minimum atomic E-state index is -0.921. The molecule has 0 aromatic carbocycles. The first kappa shape index (κ1) is 10.2. The number of oxazole rings is 1. The van der Waals surface area contributed by atoms with E-state index in [2.05, 4.69) is 4.98 Å². The average Bonchev–Trinajstić information content (AvgIpc) is 2.66. The molecule has 1 aromatic heterocycles. The molecular weight excluding hydrogens is 198 g/mol. The number of aromatic nitrogens is 1. The lowest BCUT2D eigenvalue weighted by Gasteiger charge is -2.30. The number of carboxylic acids is 1. The molecule has 1 fully saturated rings. The number of hydrogen-bond donors (Lipinski definition) is 1. The Bertz CT molecular complexity index is 365. The zero-order valence-corrected chi connectivity index (χ0v) is 8.52. The summed E-state index contributed by atoms with van der Waals surface area (Å²) >= 11 is 0. The van der Waals surface area contributed by atoms with Gasteiger partial charge in [-0.3, -0.25) is 4.79 Å². The van der Waals surface area contributed by atoms with Crippen molar-refractivity contribution < 1.29 is 19.1 Å². The zero-order valence-electron chi connectivity index (χ0n) is 8.52. The van der Waals surface area contributed by atoms with E-state index >= 15 is 0 Å². The standard InChI is InChI=1S/C10H13NO4/c1-7-11-8(6-15-7)10(9(12)13)2-4-14-5-3-10/h6H,2-5H2,1H3,(H,12,13). The summed E-state index contributed by atoms with van der Waals surface area (Å²) in [7, 11) is 0. The number of rotatable bonds is 2. The molecule has 2 heterocycles. The summed E-state index contributed by atoms with van der Waals surface area (Å²) in [5.74, 6) is -0.351. The van der Waals surface area contributed by atoms with Crippen LogP contribution in [-0.2, 0) is 14.9 Å². The molecule has 1 aromatic rings. The van der Waals surface area contributed by atoms with Crippen LogP contribution < -0.4 is 0 Å². The van der Waals surface area contributed by atoms with Gasteiger partial charge in [0.25, 0.3) is 0 Å². The van der Waals surface area contributed by atoms with E-state index in [1.807, 2.05) is 0 Å². The third-order valence-corrected chi connectivity index (χ3v) is 2.87. The molecule has 0 aliphatic carbocycles. The van der Waals surface area contributed by atoms with Crippen molar-refractivity contribution >= 4 is 5.97 Å². The van der Waals surface area contributed by atoms with Gasteiger partial charge in [-0.15, -0.1) is 0 Å². The summed E-state index contributed by atoms with van der Waals surface area (Å²) in [5.41, 5.74) is -0.411. The van der Waals surface area contributed by atoms with Crippen LogP contribution in [0.25, 0.3) is 0 Å². The molecule has 1 N–H and O–H groups in total. The van der Waals surface area contributed by atoms with Crippen molar-refractivity contribution in [2.24, 2.45) is 0 Å². The molecule has 0 amide bonds. The molecule has 2 rings (SSSR count). The molecule has 1 aliphatic heterocycles. The van der Waals surface area contributed by atoms with Crippen LogP contribution >= 0.6 is 0 Å². The van der Waals surface area contributed by atoms with Crippen LogP contribution in [0.2, 0.25) is 0 Å². The highest BCUT2D eigenvalue weighted by Gasteiger charge is 2.44. The molecule has 0 radical (unpaired) electrons. The van der Waals surface area contributed by atoms with Gasteiger partial charge in [0.05, 0.1) is 5.69 Å². The van der Waals surface area contributed by atoms with Gasteiger partial charge in [0.15, 0.2) is 5.89 Å². The predicted molar refractivity (Wildman–Crippen MR) is 50.6 cm³/mol. The fraction of sp³-hybridized carbons (Fsp3) is 0.600. The van der Waals surface area contributed by atoms with Crippen molar-refractivity contribution in [1.82, 2.24) is 4.98 Å². The van der Waals surface area contributed by atoms with Gasteiger partial charge in [0, 0.05) is 20.1 Å². The molecule has 1 aliphatic rings. The van der Waals surface area contributed by atoms with E-state index in [9.17, 15) is 9.90 Å². The fourth-order valence-electron chi connectivity index (χ4n) is 1.88. The van der Waals surface area contributed by atoms with Crippen LogP contribution in [0.15, 0.2) is 10.7 Å². The van der Waals surface area contributed by atoms with E-state index in [1.54, 1.807) is 6.92 Å². The van der Waals surface area contributed by atoms with Crippen LogP contribution in [0, 0.1) is 6.92 Å². The van der Waals surface area contributed by atoms with Crippen molar-refractivity contribution in [3.63, 3.8) is 0 Å². The van der Waals surface area contributed by atoms with Crippen LogP contribution in [0.4, 0.5) is 0 Å². The lowest BCUT2D eigenvalue weighted by molar-refractivity contribution is -0.148. The normalized spacial score (nSPS) is 20.1. The maximum atomic E-state index is 11.3. The summed E-state index contributed by atoms with van der Waals surface area (Å²) in [6.07, 6.45) is 2.34. The summed E-state index contributed by atoms with van der Waals surface area (Å²) in [5, 5.41) is 9.31. The van der Waals surface area contributed by atoms with E-state index in [-0.39, 0.29) is 0 Å². The van der Waals surface area contributed by atoms with Crippen molar-refractivity contribution in [2.75, 3.05) is 13.2 Å². The van der Waals surface area contributed by atoms with Gasteiger partial charge in [-0.2, -0.15) is 0 Å². The lowest BCUT2D eigenvalue weighted by atomic mass is 9.78. The maximum absolute atomic E-state index is 11.3. The molecule has 1 saturated heterocycles. The third kappa shape index (κ3) is 1.63. The number of ether oxygens (including phenoxy) is 1. The smallest absolute Gasteiger partial charge is 0.316 e. The number of aryl methyl sites for hydroxylation is 1. The average molecular weight is 211 g/mol. The molecule has 0 bridgehead atoms. The number of hydrogen-bond acceptors (Lipinski definition) is 4. The van der Waals surface area contributed by atoms with Gasteiger partial charge in [0.1, 0.15) is 11.7 Å². The van der Waals surface area contributed by atoms with Crippen LogP contribution in [-0.4, -0.2) is 29.3 Å². The van der Waals surface area contributed by atoms with E-state index < -0.39 is 11.4 Å². The summed E-state index contributed by atoms with van der Waals surface area (Å²) in [6.45, 7) is 2.62. The van der Waals surface area contributed by atoms with Gasteiger partial charge in [-0.05, 0) is 12.8 Å². The predicted octanol–water partition coefficient (Wildman–Crippen LogP) is 1.12. The van der Waals surface area contributed by atoms with E-state index in [0.29, 0.717) is 37.6 Å². The highest BCUT2D eigenvalue weighted by atomic mass is 16.5. The lowest BCUT2D eigenvalue weighted by Crippen LogP contribution is -2.41. The topological polar surface area (TPSA) is 72.6 Å². The fourth-order valence-corrected chi connectivity index (χ4v) is 1.88. The minimum Gasteiger partial charge on any atom is -0.481 e. The van der Waals surface area contributed by atoms with Crippen LogP contribution in [0.3, 0.4) is 0 Å². The number of nitrogens with zero attached hydrogens (tertiary/aromatic N) is 1. The summed E-state index contributed by atoms with van der Waals surface area (Å²) < 4.78 is 10.3. The maximum Gasteiger partial charge on any atom is 0.316 e. The van der Waals surface area contributed by atoms with E-state index in [1.165, 1.54) is 6.26 Å². The van der Waals surface area contributed by atoms with Crippen molar-refractivity contribution in [3.8, 4) is 0 Å². The van der Waals surface area contributed by atoms with Crippen LogP contribution in [0.1, 0.15) is 24.4 Å². The monoisotopic (exact) mass is 211 g/mol. The minimum absolute atomic E-state index is 0.453. The Morgan fingerprint density at radius 3 is 2.67 bits per heavy atom. The Morgan fingerprint density at radius 2 is 2.20 bits per heavy atom. The molecule has 0 saturated carbocycles. The van der Waals surface area contributed by atoms with E-state index in [0.717, 1.165) is 0 Å². The SMILES string of the molecule is Cc1nc(C2(C(=O)O)CCOCC2)co1. The molecule has 5 nitrogen and oxygen atoms in total. The van der Waals surface area contributed by atoms with E-state index in [4.69, 9.17) is 9.15 Å². The molecule has 0 unspecified atom stereocenters. The Kier molecular flexibility index (Phi) is 2.48. The number of carboxylic acid groups (broad SMARTS) is 1. The first-order valence-corrected chi connectivity index (χ1v) is 4.89. The Morgan fingerprint density at radius 1 is 1.53 bits per heavy atom. The third-order valence-electron chi connectivity index (χ3n) is 2.87. The molecule has 5 heteroatoms. The summed E-state index contributed by atoms with van der Waals surface area (Å²) in [4.78, 5) is 15.5. The molecule has 82 valence electrons. The van der Waals surface area contributed by atoms with Gasteiger partial charge in [-0.1, -0.05) is 0 Å². The Hall–Kier alpha value is -1.36. The van der Waals surface area contributed by atoms with Crippen molar-refractivity contribution in [3.05, 3.63) is 17.8 Å². The quantitative estimate of drug-likeness (QED) is 0.793. The van der Waals surface area contributed by atoms with Crippen molar-refractivity contribution in [1.29, 1.82) is 0 Å². The second kappa shape index (κ2) is 3.66. The van der Waals surface area contributed by atoms with Crippen LogP contribution in [0.5, 0.6) is 0 Å². The second-order valence-corrected chi connectivity index (χ2v) is 3.75. The molecule has 15 heavy (non-hydrogen) atoms. The Labute approximate surface area is 87.1 Å². The molecular formula is C10H13NO4. The second-order valence-electron chi connectivity index (χ2n) is 3.75. The number of aliphatic carboxylic acids is 1. The van der Waals surface area contributed by atoms with Crippen molar-refractivity contribution in [2.45, 2.75) is 25.2 Å². The highest BCUT2D eigenvalue weighted by Crippen LogP contribution is 2.34. The van der Waals surface area contributed by atoms with Gasteiger partial charge >= 0.3 is 5.97 Å². The first-order valence-electron chi connectivity index (χ1n) is 4.89. The van der Waals surface area contributed by atoms with Gasteiger partial charge in [0.2, 0.25) is 0 Å². The first-order chi connectivity index (χ1) is 7.15. The number of carbonyl (C=O) groups is 1. The molecule has 0 spiro atoms. The highest BCUT2D eigenvalue weighted by molar-refractivity contribution is 5.80. The molecule has 0 atom stereocenters. The zero-order chi connectivity index (χ0) is 10.9. The van der Waals surface area contributed by atoms with Gasteiger partial charge < -0.3 is 14.3 Å². The largest absolute Gasteiger partial charge is 0.481 e. The summed E-state index contributed by atoms with van der Waals surface area (Å²) in [6, 6.07) is 0.